The molecule has 22 heavy (non-hydrogen) atoms. The van der Waals surface area contributed by atoms with E-state index < -0.39 is 5.97 Å². The van der Waals surface area contributed by atoms with E-state index >= 15 is 0 Å². The van der Waals surface area contributed by atoms with Gasteiger partial charge in [-0.1, -0.05) is 0 Å². The molecule has 0 amide bonds. The molecular formula is C14H12N4O4. The Morgan fingerprint density at radius 3 is 2.77 bits per heavy atom. The van der Waals surface area contributed by atoms with Crippen LogP contribution in [0.25, 0.3) is 5.69 Å². The Labute approximate surface area is 125 Å². The van der Waals surface area contributed by atoms with E-state index in [1.807, 2.05) is 12.1 Å². The van der Waals surface area contributed by atoms with E-state index in [0.29, 0.717) is 17.1 Å². The lowest BCUT2D eigenvalue weighted by Gasteiger charge is -2.06. The standard InChI is InChI=1S/C14H12N4O4/c1-20-14(19)12-6-7-21-13(12)8-22-11-4-2-10(3-5-11)18-9-15-16-17-18/h2-7,9H,8H2,1H3. The first-order chi connectivity index (χ1) is 10.8. The Morgan fingerprint density at radius 1 is 1.27 bits per heavy atom. The molecule has 0 aliphatic carbocycles. The molecule has 0 unspecified atom stereocenters. The summed E-state index contributed by atoms with van der Waals surface area (Å²) in [5.41, 5.74) is 1.17. The van der Waals surface area contributed by atoms with Gasteiger partial charge in [0.2, 0.25) is 0 Å². The number of furan rings is 1. The lowest BCUT2D eigenvalue weighted by Crippen LogP contribution is -2.05. The summed E-state index contributed by atoms with van der Waals surface area (Å²) in [7, 11) is 1.32. The highest BCUT2D eigenvalue weighted by atomic mass is 16.5. The number of nitrogens with zero attached hydrogens (tertiary/aromatic N) is 4. The minimum atomic E-state index is -0.457. The number of carbonyl (C=O) groups excluding carboxylic acids is 1. The highest BCUT2D eigenvalue weighted by Crippen LogP contribution is 2.18. The first kappa shape index (κ1) is 13.8. The second kappa shape index (κ2) is 6.08. The minimum absolute atomic E-state index is 0.127. The van der Waals surface area contributed by atoms with Gasteiger partial charge in [-0.05, 0) is 40.8 Å². The lowest BCUT2D eigenvalue weighted by atomic mass is 10.2. The molecule has 8 heteroatoms. The zero-order chi connectivity index (χ0) is 15.4. The first-order valence-corrected chi connectivity index (χ1v) is 6.39. The average molecular weight is 300 g/mol. The Morgan fingerprint density at radius 2 is 2.09 bits per heavy atom. The van der Waals surface area contributed by atoms with Gasteiger partial charge in [0, 0.05) is 0 Å². The van der Waals surface area contributed by atoms with E-state index in [9.17, 15) is 4.79 Å². The molecule has 0 saturated heterocycles. The fraction of sp³-hybridized carbons (Fsp3) is 0.143. The Bertz CT molecular complexity index is 750. The van der Waals surface area contributed by atoms with Crippen molar-refractivity contribution in [2.75, 3.05) is 7.11 Å². The second-order valence-corrected chi connectivity index (χ2v) is 4.29. The van der Waals surface area contributed by atoms with Gasteiger partial charge in [0.15, 0.2) is 5.76 Å². The van der Waals surface area contributed by atoms with Crippen LogP contribution in [0.1, 0.15) is 16.1 Å². The van der Waals surface area contributed by atoms with Crippen LogP contribution in [0, 0.1) is 0 Å². The van der Waals surface area contributed by atoms with E-state index in [-0.39, 0.29) is 6.61 Å². The molecule has 0 bridgehead atoms. The minimum Gasteiger partial charge on any atom is -0.486 e. The van der Waals surface area contributed by atoms with Gasteiger partial charge in [0.25, 0.3) is 0 Å². The molecule has 0 aliphatic rings. The van der Waals surface area contributed by atoms with Gasteiger partial charge in [0.1, 0.15) is 24.2 Å². The SMILES string of the molecule is COC(=O)c1ccoc1COc1ccc(-n2cnnn2)cc1. The van der Waals surface area contributed by atoms with E-state index in [1.54, 1.807) is 18.2 Å². The van der Waals surface area contributed by atoms with Crippen molar-refractivity contribution >= 4 is 5.97 Å². The fourth-order valence-corrected chi connectivity index (χ4v) is 1.87. The van der Waals surface area contributed by atoms with Crippen molar-refractivity contribution < 1.29 is 18.7 Å². The van der Waals surface area contributed by atoms with E-state index in [2.05, 4.69) is 20.3 Å². The van der Waals surface area contributed by atoms with Crippen LogP contribution in [0.15, 0.2) is 47.3 Å². The molecule has 3 rings (SSSR count). The van der Waals surface area contributed by atoms with Crippen molar-refractivity contribution in [3.05, 3.63) is 54.2 Å². The molecule has 8 nitrogen and oxygen atoms in total. The van der Waals surface area contributed by atoms with Crippen LogP contribution < -0.4 is 4.74 Å². The summed E-state index contributed by atoms with van der Waals surface area (Å²) in [4.78, 5) is 11.5. The molecule has 0 radical (unpaired) electrons. The van der Waals surface area contributed by atoms with Crippen LogP contribution >= 0.6 is 0 Å². The Kier molecular flexibility index (Phi) is 3.82. The number of hydrogen-bond donors (Lipinski definition) is 0. The maximum absolute atomic E-state index is 11.5. The molecule has 0 aliphatic heterocycles. The summed E-state index contributed by atoms with van der Waals surface area (Å²) < 4.78 is 17.0. The summed E-state index contributed by atoms with van der Waals surface area (Å²) >= 11 is 0. The molecule has 0 saturated carbocycles. The maximum atomic E-state index is 11.5. The van der Waals surface area contributed by atoms with Crippen LogP contribution in [0.4, 0.5) is 0 Å². The number of rotatable bonds is 5. The molecule has 0 N–H and O–H groups in total. The summed E-state index contributed by atoms with van der Waals surface area (Å²) in [6.45, 7) is 0.127. The Hall–Kier alpha value is -3.16. The maximum Gasteiger partial charge on any atom is 0.341 e. The number of methoxy groups -OCH3 is 1. The molecule has 0 spiro atoms. The van der Waals surface area contributed by atoms with E-state index in [1.165, 1.54) is 24.4 Å². The zero-order valence-corrected chi connectivity index (χ0v) is 11.7. The van der Waals surface area contributed by atoms with Gasteiger partial charge in [-0.3, -0.25) is 0 Å². The quantitative estimate of drug-likeness (QED) is 0.661. The average Bonchev–Trinajstić information content (AvgIpc) is 3.24. The van der Waals surface area contributed by atoms with Gasteiger partial charge in [-0.25, -0.2) is 9.48 Å². The number of esters is 1. The third-order valence-electron chi connectivity index (χ3n) is 2.97. The topological polar surface area (TPSA) is 92.3 Å². The third kappa shape index (κ3) is 2.80. The zero-order valence-electron chi connectivity index (χ0n) is 11.7. The molecule has 1 aromatic carbocycles. The summed E-state index contributed by atoms with van der Waals surface area (Å²) in [6.07, 6.45) is 2.92. The van der Waals surface area contributed by atoms with Crippen LogP contribution in [0.2, 0.25) is 0 Å². The van der Waals surface area contributed by atoms with Gasteiger partial charge in [-0.2, -0.15) is 0 Å². The number of carbonyl (C=O) groups is 1. The Balaban J connectivity index is 1.67. The third-order valence-corrected chi connectivity index (χ3v) is 2.97. The monoisotopic (exact) mass is 300 g/mol. The molecule has 3 aromatic rings. The van der Waals surface area contributed by atoms with Crippen molar-refractivity contribution in [1.29, 1.82) is 0 Å². The fourth-order valence-electron chi connectivity index (χ4n) is 1.87. The van der Waals surface area contributed by atoms with Crippen LogP contribution in [-0.2, 0) is 11.3 Å². The van der Waals surface area contributed by atoms with Crippen molar-refractivity contribution in [1.82, 2.24) is 20.2 Å². The van der Waals surface area contributed by atoms with Crippen LogP contribution in [0.5, 0.6) is 5.75 Å². The number of aromatic nitrogens is 4. The predicted molar refractivity (Wildman–Crippen MR) is 73.5 cm³/mol. The van der Waals surface area contributed by atoms with Crippen LogP contribution in [-0.4, -0.2) is 33.3 Å². The smallest absolute Gasteiger partial charge is 0.341 e. The van der Waals surface area contributed by atoms with E-state index in [0.717, 1.165) is 5.69 Å². The lowest BCUT2D eigenvalue weighted by molar-refractivity contribution is 0.0595. The molecule has 0 fully saturated rings. The number of hydrogen-bond acceptors (Lipinski definition) is 7. The summed E-state index contributed by atoms with van der Waals surface area (Å²) in [5, 5.41) is 10.9. The van der Waals surface area contributed by atoms with Crippen molar-refractivity contribution in [2.45, 2.75) is 6.61 Å². The van der Waals surface area contributed by atoms with Gasteiger partial charge in [-0.15, -0.1) is 5.10 Å². The van der Waals surface area contributed by atoms with Crippen molar-refractivity contribution in [3.63, 3.8) is 0 Å². The van der Waals surface area contributed by atoms with Gasteiger partial charge in [0.05, 0.1) is 19.1 Å². The number of benzene rings is 1. The number of tetrazole rings is 1. The molecule has 112 valence electrons. The summed E-state index contributed by atoms with van der Waals surface area (Å²) in [6, 6.07) is 8.73. The highest BCUT2D eigenvalue weighted by molar-refractivity contribution is 5.90. The summed E-state index contributed by atoms with van der Waals surface area (Å²) in [5.74, 6) is 0.585. The van der Waals surface area contributed by atoms with Gasteiger partial charge >= 0.3 is 5.97 Å². The highest BCUT2D eigenvalue weighted by Gasteiger charge is 2.15. The molecule has 0 atom stereocenters. The second-order valence-electron chi connectivity index (χ2n) is 4.29. The van der Waals surface area contributed by atoms with E-state index in [4.69, 9.17) is 9.15 Å². The van der Waals surface area contributed by atoms with Gasteiger partial charge < -0.3 is 13.9 Å². The first-order valence-electron chi connectivity index (χ1n) is 6.39. The normalized spacial score (nSPS) is 10.4. The largest absolute Gasteiger partial charge is 0.486 e. The van der Waals surface area contributed by atoms with Crippen LogP contribution in [0.3, 0.4) is 0 Å². The molecular weight excluding hydrogens is 288 g/mol. The van der Waals surface area contributed by atoms with Crippen molar-refractivity contribution in [3.8, 4) is 11.4 Å². The van der Waals surface area contributed by atoms with Crippen molar-refractivity contribution in [2.24, 2.45) is 0 Å². The molecule has 2 aromatic heterocycles. The molecule has 2 heterocycles. The predicted octanol–water partition coefficient (Wildman–Crippen LogP) is 1.62. The number of ether oxygens (including phenoxy) is 2.